The number of carbonyl (C=O) groups excluding carboxylic acids is 2. The smallest absolute Gasteiger partial charge is 0.338 e. The van der Waals surface area contributed by atoms with E-state index in [1.54, 1.807) is 55.5 Å². The average Bonchev–Trinajstić information content (AvgIpc) is 3.17. The summed E-state index contributed by atoms with van der Waals surface area (Å²) in [6.45, 7) is 2.07. The van der Waals surface area contributed by atoms with Gasteiger partial charge in [0.2, 0.25) is 0 Å². The maximum Gasteiger partial charge on any atom is 0.338 e. The summed E-state index contributed by atoms with van der Waals surface area (Å²) >= 11 is 3.32. The Kier molecular flexibility index (Phi) is 6.39. The lowest BCUT2D eigenvalue weighted by atomic mass is 10.1. The van der Waals surface area contributed by atoms with Crippen LogP contribution in [0.15, 0.2) is 74.7 Å². The second-order valence-corrected chi connectivity index (χ2v) is 6.54. The van der Waals surface area contributed by atoms with Gasteiger partial charge in [-0.15, -0.1) is 0 Å². The fraction of sp³-hybridized carbons (Fsp3) is 0.0952. The van der Waals surface area contributed by atoms with Crippen LogP contribution >= 0.6 is 15.9 Å². The first kappa shape index (κ1) is 19.6. The third-order valence-corrected chi connectivity index (χ3v) is 4.45. The van der Waals surface area contributed by atoms with Gasteiger partial charge in [0.25, 0.3) is 5.91 Å². The van der Waals surface area contributed by atoms with Gasteiger partial charge in [-0.05, 0) is 59.3 Å². The molecule has 3 aromatic rings. The number of esters is 1. The minimum absolute atomic E-state index is 0.315. The molecule has 28 heavy (non-hydrogen) atoms. The second-order valence-electron chi connectivity index (χ2n) is 5.68. The van der Waals surface area contributed by atoms with E-state index in [0.717, 1.165) is 5.56 Å². The van der Waals surface area contributed by atoms with Crippen molar-refractivity contribution in [3.8, 4) is 11.3 Å². The molecule has 0 spiro atoms. The highest BCUT2D eigenvalue weighted by Crippen LogP contribution is 2.23. The Bertz CT molecular complexity index is 1030. The van der Waals surface area contributed by atoms with E-state index in [4.69, 9.17) is 9.15 Å². The van der Waals surface area contributed by atoms with Gasteiger partial charge in [0.05, 0.1) is 23.9 Å². The van der Waals surface area contributed by atoms with Crippen LogP contribution in [0.2, 0.25) is 0 Å². The summed E-state index contributed by atoms with van der Waals surface area (Å²) in [4.78, 5) is 24.0. The van der Waals surface area contributed by atoms with Gasteiger partial charge in [-0.2, -0.15) is 5.10 Å². The summed E-state index contributed by atoms with van der Waals surface area (Å²) < 4.78 is 11.4. The molecule has 0 unspecified atom stereocenters. The number of rotatable bonds is 6. The summed E-state index contributed by atoms with van der Waals surface area (Å²) in [5, 5.41) is 3.92. The number of nitrogens with one attached hydrogen (secondary N) is 1. The standard InChI is InChI=1S/C21H17BrN2O4/c1-2-27-21(26)15-7-5-6-14(12-15)19-11-10-16(28-19)13-23-24-20(25)17-8-3-4-9-18(17)22/h3-13H,2H2,1H3,(H,24,25)/b23-13+. The molecule has 1 amide bonds. The molecular formula is C21H17BrN2O4. The zero-order chi connectivity index (χ0) is 19.9. The Morgan fingerprint density at radius 2 is 1.96 bits per heavy atom. The van der Waals surface area contributed by atoms with Gasteiger partial charge in [-0.1, -0.05) is 24.3 Å². The molecule has 0 aliphatic heterocycles. The quantitative estimate of drug-likeness (QED) is 0.343. The third-order valence-electron chi connectivity index (χ3n) is 3.76. The first-order valence-corrected chi connectivity index (χ1v) is 9.33. The molecule has 6 nitrogen and oxygen atoms in total. The van der Waals surface area contributed by atoms with Crippen LogP contribution in [-0.2, 0) is 4.74 Å². The Labute approximate surface area is 170 Å². The Morgan fingerprint density at radius 3 is 2.75 bits per heavy atom. The van der Waals surface area contributed by atoms with Gasteiger partial charge in [0.15, 0.2) is 0 Å². The number of ether oxygens (including phenoxy) is 1. The van der Waals surface area contributed by atoms with E-state index >= 15 is 0 Å². The molecule has 3 rings (SSSR count). The first-order chi connectivity index (χ1) is 13.6. The number of halogens is 1. The minimum Gasteiger partial charge on any atom is -0.462 e. The van der Waals surface area contributed by atoms with E-state index in [0.29, 0.717) is 33.7 Å². The second kappa shape index (κ2) is 9.14. The van der Waals surface area contributed by atoms with E-state index in [1.165, 1.54) is 6.21 Å². The predicted molar refractivity (Wildman–Crippen MR) is 109 cm³/mol. The molecule has 0 saturated heterocycles. The summed E-state index contributed by atoms with van der Waals surface area (Å²) in [7, 11) is 0. The highest BCUT2D eigenvalue weighted by atomic mass is 79.9. The number of hydrogen-bond acceptors (Lipinski definition) is 5. The minimum atomic E-state index is -0.382. The highest BCUT2D eigenvalue weighted by Gasteiger charge is 2.10. The monoisotopic (exact) mass is 440 g/mol. The van der Waals surface area contributed by atoms with Crippen molar-refractivity contribution in [3.63, 3.8) is 0 Å². The SMILES string of the molecule is CCOC(=O)c1cccc(-c2ccc(/C=N/NC(=O)c3ccccc3Br)o2)c1. The van der Waals surface area contributed by atoms with Crippen molar-refractivity contribution in [1.82, 2.24) is 5.43 Å². The van der Waals surface area contributed by atoms with Crippen molar-refractivity contribution in [2.75, 3.05) is 6.61 Å². The maximum atomic E-state index is 12.1. The fourth-order valence-electron chi connectivity index (χ4n) is 2.45. The summed E-state index contributed by atoms with van der Waals surface area (Å²) in [6, 6.07) is 17.5. The Morgan fingerprint density at radius 1 is 1.14 bits per heavy atom. The average molecular weight is 441 g/mol. The van der Waals surface area contributed by atoms with Crippen molar-refractivity contribution in [2.45, 2.75) is 6.92 Å². The number of nitrogens with zero attached hydrogens (tertiary/aromatic N) is 1. The molecule has 0 bridgehead atoms. The number of furan rings is 1. The van der Waals surface area contributed by atoms with Crippen molar-refractivity contribution in [3.05, 3.63) is 82.0 Å². The van der Waals surface area contributed by atoms with E-state index in [2.05, 4.69) is 26.5 Å². The largest absolute Gasteiger partial charge is 0.462 e. The van der Waals surface area contributed by atoms with Crippen molar-refractivity contribution >= 4 is 34.0 Å². The molecule has 0 radical (unpaired) electrons. The number of amides is 1. The van der Waals surface area contributed by atoms with Crippen LogP contribution in [0, 0.1) is 0 Å². The third kappa shape index (κ3) is 4.75. The maximum absolute atomic E-state index is 12.1. The zero-order valence-corrected chi connectivity index (χ0v) is 16.6. The van der Waals surface area contributed by atoms with E-state index in [1.807, 2.05) is 12.1 Å². The summed E-state index contributed by atoms with van der Waals surface area (Å²) in [6.07, 6.45) is 1.41. The normalized spacial score (nSPS) is 10.8. The summed E-state index contributed by atoms with van der Waals surface area (Å²) in [5.74, 6) is 0.318. The van der Waals surface area contributed by atoms with Crippen LogP contribution in [0.25, 0.3) is 11.3 Å². The molecular weight excluding hydrogens is 424 g/mol. The lowest BCUT2D eigenvalue weighted by Crippen LogP contribution is -2.17. The molecule has 2 aromatic carbocycles. The lowest BCUT2D eigenvalue weighted by molar-refractivity contribution is 0.0526. The van der Waals surface area contributed by atoms with E-state index < -0.39 is 0 Å². The fourth-order valence-corrected chi connectivity index (χ4v) is 2.92. The molecule has 7 heteroatoms. The molecule has 142 valence electrons. The number of hydrazone groups is 1. The molecule has 1 heterocycles. The van der Waals surface area contributed by atoms with Crippen LogP contribution in [0.3, 0.4) is 0 Å². The van der Waals surface area contributed by atoms with Crippen LogP contribution in [0.5, 0.6) is 0 Å². The molecule has 1 N–H and O–H groups in total. The van der Waals surface area contributed by atoms with Crippen molar-refractivity contribution < 1.29 is 18.7 Å². The molecule has 0 saturated carbocycles. The van der Waals surface area contributed by atoms with Gasteiger partial charge in [0.1, 0.15) is 11.5 Å². The number of carbonyl (C=O) groups is 2. The Balaban J connectivity index is 1.68. The van der Waals surface area contributed by atoms with E-state index in [-0.39, 0.29) is 11.9 Å². The molecule has 0 aliphatic carbocycles. The van der Waals surface area contributed by atoms with Crippen LogP contribution < -0.4 is 5.43 Å². The molecule has 0 atom stereocenters. The van der Waals surface area contributed by atoms with Crippen LogP contribution in [0.4, 0.5) is 0 Å². The highest BCUT2D eigenvalue weighted by molar-refractivity contribution is 9.10. The number of hydrogen-bond donors (Lipinski definition) is 1. The molecule has 1 aromatic heterocycles. The van der Waals surface area contributed by atoms with Crippen LogP contribution in [-0.4, -0.2) is 24.7 Å². The number of benzene rings is 2. The molecule has 0 aliphatic rings. The zero-order valence-electron chi connectivity index (χ0n) is 15.0. The van der Waals surface area contributed by atoms with E-state index in [9.17, 15) is 9.59 Å². The van der Waals surface area contributed by atoms with Gasteiger partial charge >= 0.3 is 5.97 Å². The molecule has 0 fully saturated rings. The van der Waals surface area contributed by atoms with Gasteiger partial charge in [-0.3, -0.25) is 4.79 Å². The summed E-state index contributed by atoms with van der Waals surface area (Å²) in [5.41, 5.74) is 4.13. The first-order valence-electron chi connectivity index (χ1n) is 8.54. The lowest BCUT2D eigenvalue weighted by Gasteiger charge is -2.03. The van der Waals surface area contributed by atoms with Crippen LogP contribution in [0.1, 0.15) is 33.4 Å². The van der Waals surface area contributed by atoms with Gasteiger partial charge < -0.3 is 9.15 Å². The van der Waals surface area contributed by atoms with Gasteiger partial charge in [-0.25, -0.2) is 10.2 Å². The van der Waals surface area contributed by atoms with Gasteiger partial charge in [0, 0.05) is 10.0 Å². The van der Waals surface area contributed by atoms with Crippen molar-refractivity contribution in [1.29, 1.82) is 0 Å². The topological polar surface area (TPSA) is 80.9 Å². The Hall–Kier alpha value is -3.19. The van der Waals surface area contributed by atoms with Crippen molar-refractivity contribution in [2.24, 2.45) is 5.10 Å². The predicted octanol–water partition coefficient (Wildman–Crippen LogP) is 4.65.